The quantitative estimate of drug-likeness (QED) is 0.635. The van der Waals surface area contributed by atoms with E-state index in [2.05, 4.69) is 0 Å². The van der Waals surface area contributed by atoms with Gasteiger partial charge in [0, 0.05) is 6.26 Å². The molecule has 0 saturated heterocycles. The van der Waals surface area contributed by atoms with E-state index in [1.165, 1.54) is 6.26 Å². The van der Waals surface area contributed by atoms with E-state index in [-0.39, 0.29) is 0 Å². The summed E-state index contributed by atoms with van der Waals surface area (Å²) in [5, 5.41) is 0.360. The molecule has 1 aliphatic rings. The van der Waals surface area contributed by atoms with E-state index >= 15 is 0 Å². The van der Waals surface area contributed by atoms with Crippen molar-refractivity contribution < 1.29 is 8.42 Å². The predicted molar refractivity (Wildman–Crippen MR) is 46.1 cm³/mol. The highest BCUT2D eigenvalue weighted by Gasteiger charge is 2.16. The molecule has 0 atom stereocenters. The zero-order chi connectivity index (χ0) is 8.48. The molecule has 0 heterocycles. The second-order valence-electron chi connectivity index (χ2n) is 2.48. The smallest absolute Gasteiger partial charge is 0.173 e. The minimum absolute atomic E-state index is 0.360. The summed E-state index contributed by atoms with van der Waals surface area (Å²) < 4.78 is 22.0. The molecule has 0 bridgehead atoms. The molecule has 2 nitrogen and oxygen atoms in total. The van der Waals surface area contributed by atoms with Gasteiger partial charge in [-0.05, 0) is 18.9 Å². The molecular weight excluding hydrogens is 184 g/mol. The van der Waals surface area contributed by atoms with Crippen LogP contribution in [0.2, 0.25) is 0 Å². The van der Waals surface area contributed by atoms with E-state index in [0.29, 0.717) is 16.4 Å². The fraction of sp³-hybridized carbons (Fsp3) is 0.429. The highest BCUT2D eigenvalue weighted by Crippen LogP contribution is 2.25. The first-order valence-corrected chi connectivity index (χ1v) is 5.54. The van der Waals surface area contributed by atoms with Crippen LogP contribution in [0.4, 0.5) is 0 Å². The first kappa shape index (κ1) is 8.81. The van der Waals surface area contributed by atoms with Crippen molar-refractivity contribution in [2.75, 3.05) is 6.26 Å². The van der Waals surface area contributed by atoms with Crippen LogP contribution in [0.15, 0.2) is 22.1 Å². The zero-order valence-corrected chi connectivity index (χ0v) is 7.74. The molecule has 0 aromatic carbocycles. The fourth-order valence-electron chi connectivity index (χ4n) is 0.976. The average molecular weight is 193 g/mol. The summed E-state index contributed by atoms with van der Waals surface area (Å²) in [5.41, 5.74) is 0. The first-order valence-electron chi connectivity index (χ1n) is 3.27. The molecule has 0 radical (unpaired) electrons. The van der Waals surface area contributed by atoms with Crippen molar-refractivity contribution in [3.8, 4) is 0 Å². The van der Waals surface area contributed by atoms with Gasteiger partial charge >= 0.3 is 0 Å². The van der Waals surface area contributed by atoms with Gasteiger partial charge in [-0.1, -0.05) is 17.7 Å². The molecule has 4 heteroatoms. The van der Waals surface area contributed by atoms with Crippen LogP contribution in [-0.2, 0) is 9.84 Å². The molecule has 0 spiro atoms. The lowest BCUT2D eigenvalue weighted by atomic mass is 10.2. The largest absolute Gasteiger partial charge is 0.224 e. The molecule has 0 aromatic heterocycles. The van der Waals surface area contributed by atoms with Crippen LogP contribution in [0.3, 0.4) is 0 Å². The zero-order valence-electron chi connectivity index (χ0n) is 6.17. The highest BCUT2D eigenvalue weighted by atomic mass is 35.5. The Morgan fingerprint density at radius 3 is 2.55 bits per heavy atom. The van der Waals surface area contributed by atoms with E-state index in [4.69, 9.17) is 11.6 Å². The van der Waals surface area contributed by atoms with Crippen LogP contribution in [0.25, 0.3) is 0 Å². The van der Waals surface area contributed by atoms with Gasteiger partial charge in [0.15, 0.2) is 9.84 Å². The van der Waals surface area contributed by atoms with Crippen molar-refractivity contribution in [3.63, 3.8) is 0 Å². The first-order chi connectivity index (χ1) is 5.02. The van der Waals surface area contributed by atoms with Crippen molar-refractivity contribution in [1.29, 1.82) is 0 Å². The molecular formula is C7H9ClO2S. The standard InChI is InChI=1S/C7H9ClO2S/c1-11(9,10)7-5-3-2-4-6(7)8/h2,4H,3,5H2,1H3. The van der Waals surface area contributed by atoms with Gasteiger partial charge < -0.3 is 0 Å². The molecule has 1 aliphatic carbocycles. The Hall–Kier alpha value is -0.280. The second-order valence-corrected chi connectivity index (χ2v) is 4.93. The highest BCUT2D eigenvalue weighted by molar-refractivity contribution is 7.94. The third-order valence-corrected chi connectivity index (χ3v) is 3.30. The maximum atomic E-state index is 11.0. The lowest BCUT2D eigenvalue weighted by Crippen LogP contribution is -2.04. The van der Waals surface area contributed by atoms with Crippen LogP contribution in [0.1, 0.15) is 12.8 Å². The molecule has 62 valence electrons. The summed E-state index contributed by atoms with van der Waals surface area (Å²) in [4.78, 5) is 0.363. The molecule has 0 unspecified atom stereocenters. The predicted octanol–water partition coefficient (Wildman–Crippen LogP) is 1.83. The third-order valence-electron chi connectivity index (χ3n) is 1.52. The lowest BCUT2D eigenvalue weighted by molar-refractivity contribution is 0.605. The number of allylic oxidation sites excluding steroid dienone is 4. The Bertz CT molecular complexity index is 311. The summed E-state index contributed by atoms with van der Waals surface area (Å²) in [6.45, 7) is 0. The van der Waals surface area contributed by atoms with Crippen LogP contribution in [0.5, 0.6) is 0 Å². The molecule has 1 rings (SSSR count). The van der Waals surface area contributed by atoms with Crippen LogP contribution in [0, 0.1) is 0 Å². The van der Waals surface area contributed by atoms with Crippen molar-refractivity contribution >= 4 is 21.4 Å². The number of hydrogen-bond donors (Lipinski definition) is 0. The van der Waals surface area contributed by atoms with Crippen LogP contribution in [-0.4, -0.2) is 14.7 Å². The summed E-state index contributed by atoms with van der Waals surface area (Å²) in [5.74, 6) is 0. The van der Waals surface area contributed by atoms with Crippen LogP contribution >= 0.6 is 11.6 Å². The molecule has 0 amide bonds. The second kappa shape index (κ2) is 2.99. The Kier molecular flexibility index (Phi) is 2.40. The minimum atomic E-state index is -3.08. The van der Waals surface area contributed by atoms with Crippen molar-refractivity contribution in [3.05, 3.63) is 22.1 Å². The minimum Gasteiger partial charge on any atom is -0.224 e. The topological polar surface area (TPSA) is 34.1 Å². The Labute approximate surface area is 71.5 Å². The normalized spacial score (nSPS) is 19.1. The van der Waals surface area contributed by atoms with E-state index in [1.807, 2.05) is 6.08 Å². The van der Waals surface area contributed by atoms with E-state index in [0.717, 1.165) is 6.42 Å². The van der Waals surface area contributed by atoms with Gasteiger partial charge in [-0.15, -0.1) is 0 Å². The molecule has 0 saturated carbocycles. The Morgan fingerprint density at radius 2 is 2.18 bits per heavy atom. The summed E-state index contributed by atoms with van der Waals surface area (Å²) in [6, 6.07) is 0. The molecule has 0 aliphatic heterocycles. The number of sulfone groups is 1. The summed E-state index contributed by atoms with van der Waals surface area (Å²) in [7, 11) is -3.08. The molecule has 0 fully saturated rings. The average Bonchev–Trinajstić information content (AvgIpc) is 1.86. The van der Waals surface area contributed by atoms with Crippen molar-refractivity contribution in [2.24, 2.45) is 0 Å². The maximum absolute atomic E-state index is 11.0. The van der Waals surface area contributed by atoms with Gasteiger partial charge in [0.2, 0.25) is 0 Å². The maximum Gasteiger partial charge on any atom is 0.173 e. The van der Waals surface area contributed by atoms with Gasteiger partial charge in [0.25, 0.3) is 0 Å². The monoisotopic (exact) mass is 192 g/mol. The van der Waals surface area contributed by atoms with Crippen molar-refractivity contribution in [2.45, 2.75) is 12.8 Å². The summed E-state index contributed by atoms with van der Waals surface area (Å²) in [6.07, 6.45) is 6.00. The molecule has 11 heavy (non-hydrogen) atoms. The Balaban J connectivity index is 3.13. The van der Waals surface area contributed by atoms with Gasteiger partial charge in [-0.2, -0.15) is 0 Å². The fourth-order valence-corrected chi connectivity index (χ4v) is 2.49. The number of halogens is 1. The SMILES string of the molecule is CS(=O)(=O)C1=C(Cl)C=CCC1. The Morgan fingerprint density at radius 1 is 1.55 bits per heavy atom. The van der Waals surface area contributed by atoms with Gasteiger partial charge in [0.1, 0.15) is 0 Å². The van der Waals surface area contributed by atoms with Gasteiger partial charge in [0.05, 0.1) is 9.94 Å². The molecule has 0 N–H and O–H groups in total. The van der Waals surface area contributed by atoms with Crippen LogP contribution < -0.4 is 0 Å². The van der Waals surface area contributed by atoms with Crippen molar-refractivity contribution in [1.82, 2.24) is 0 Å². The van der Waals surface area contributed by atoms with Gasteiger partial charge in [-0.25, -0.2) is 8.42 Å². The van der Waals surface area contributed by atoms with E-state index < -0.39 is 9.84 Å². The van der Waals surface area contributed by atoms with E-state index in [9.17, 15) is 8.42 Å². The lowest BCUT2D eigenvalue weighted by Gasteiger charge is -2.08. The summed E-state index contributed by atoms with van der Waals surface area (Å²) >= 11 is 5.68. The van der Waals surface area contributed by atoms with E-state index in [1.54, 1.807) is 6.08 Å². The third kappa shape index (κ3) is 2.07. The van der Waals surface area contributed by atoms with Gasteiger partial charge in [-0.3, -0.25) is 0 Å². The molecule has 0 aromatic rings. The number of rotatable bonds is 1. The number of hydrogen-bond acceptors (Lipinski definition) is 2.